The Hall–Kier alpha value is -2.53. The number of benzene rings is 2. The molecule has 2 aliphatic rings. The van der Waals surface area contributed by atoms with Crippen LogP contribution in [0.3, 0.4) is 0 Å². The third-order valence-electron chi connectivity index (χ3n) is 6.33. The average Bonchev–Trinajstić information content (AvgIpc) is 3.81. The highest BCUT2D eigenvalue weighted by Gasteiger charge is 2.42. The number of ketones is 1. The van der Waals surface area contributed by atoms with Crippen LogP contribution in [0, 0.1) is 0 Å². The Labute approximate surface area is 223 Å². The summed E-state index contributed by atoms with van der Waals surface area (Å²) in [5, 5.41) is 22.0. The molecule has 0 saturated carbocycles. The van der Waals surface area contributed by atoms with Crippen LogP contribution in [0.25, 0.3) is 0 Å². The molecule has 4 atom stereocenters. The highest BCUT2D eigenvalue weighted by atomic mass is 16.6. The molecule has 0 amide bonds. The largest absolute Gasteiger partial charge is 0.491 e. The summed E-state index contributed by atoms with van der Waals surface area (Å²) in [4.78, 5) is 13.1. The molecule has 0 aliphatic carbocycles. The first-order valence-corrected chi connectivity index (χ1v) is 13.0. The summed E-state index contributed by atoms with van der Waals surface area (Å²) in [6, 6.07) is 14.3. The van der Waals surface area contributed by atoms with Gasteiger partial charge in [0.05, 0.1) is 39.6 Å². The summed E-state index contributed by atoms with van der Waals surface area (Å²) < 4.78 is 32.4. The minimum absolute atomic E-state index is 0.0640. The quantitative estimate of drug-likeness (QED) is 0.221. The number of epoxide rings is 2. The zero-order chi connectivity index (χ0) is 27.0. The van der Waals surface area contributed by atoms with Crippen molar-refractivity contribution in [3.8, 4) is 11.5 Å². The Kier molecular flexibility index (Phi) is 9.75. The van der Waals surface area contributed by atoms with Gasteiger partial charge in [0.15, 0.2) is 5.78 Å². The first-order chi connectivity index (χ1) is 18.2. The number of rotatable bonds is 18. The van der Waals surface area contributed by atoms with Crippen LogP contribution in [0.5, 0.6) is 11.5 Å². The van der Waals surface area contributed by atoms with Crippen molar-refractivity contribution in [3.63, 3.8) is 0 Å². The Morgan fingerprint density at radius 1 is 0.737 bits per heavy atom. The lowest BCUT2D eigenvalue weighted by atomic mass is 9.80. The lowest BCUT2D eigenvalue weighted by Crippen LogP contribution is -2.52. The second-order valence-corrected chi connectivity index (χ2v) is 10.3. The summed E-state index contributed by atoms with van der Waals surface area (Å²) in [5.41, 5.74) is -1.99. The summed E-state index contributed by atoms with van der Waals surface area (Å²) in [5.74, 6) is 0.704. The van der Waals surface area contributed by atoms with Gasteiger partial charge in [-0.05, 0) is 49.2 Å². The van der Waals surface area contributed by atoms with Crippen molar-refractivity contribution < 1.29 is 43.4 Å². The number of Topliss-reactive ketones (excluding diaryl/α,β-unsaturated/α-hetero) is 1. The van der Waals surface area contributed by atoms with E-state index < -0.39 is 17.0 Å². The van der Waals surface area contributed by atoms with Crippen molar-refractivity contribution in [2.45, 2.75) is 50.1 Å². The Balaban J connectivity index is 1.20. The molecule has 2 heterocycles. The second-order valence-electron chi connectivity index (χ2n) is 10.3. The maximum Gasteiger partial charge on any atom is 0.195 e. The SMILES string of the molecule is CC(O)(Cc1ccc(OCCOCC2CO2)cc1)C(=O)C(C)(O)Cc1ccc(OCCOCC2CO2)cc1. The Bertz CT molecular complexity index is 928. The van der Waals surface area contributed by atoms with Crippen LogP contribution in [0.4, 0.5) is 0 Å². The number of hydrogen-bond acceptors (Lipinski definition) is 9. The predicted octanol–water partition coefficient (Wildman–Crippen LogP) is 2.13. The summed E-state index contributed by atoms with van der Waals surface area (Å²) in [7, 11) is 0. The Morgan fingerprint density at radius 2 is 1.11 bits per heavy atom. The standard InChI is InChI=1S/C29H38O9/c1-28(31,15-21-3-7-23(8-4-21)35-13-11-33-17-25-19-37-25)27(30)29(2,32)16-22-5-9-24(10-6-22)36-14-12-34-18-26-20-38-26/h3-10,25-26,31-32H,11-20H2,1-2H3. The first-order valence-electron chi connectivity index (χ1n) is 13.0. The van der Waals surface area contributed by atoms with Crippen molar-refractivity contribution in [3.05, 3.63) is 59.7 Å². The van der Waals surface area contributed by atoms with E-state index in [1.807, 2.05) is 0 Å². The molecule has 0 aromatic heterocycles. The predicted molar refractivity (Wildman–Crippen MR) is 139 cm³/mol. The van der Waals surface area contributed by atoms with Gasteiger partial charge in [-0.25, -0.2) is 0 Å². The van der Waals surface area contributed by atoms with E-state index >= 15 is 0 Å². The molecule has 0 spiro atoms. The first kappa shape index (κ1) is 28.5. The third-order valence-corrected chi connectivity index (χ3v) is 6.33. The van der Waals surface area contributed by atoms with Gasteiger partial charge in [0, 0.05) is 12.8 Å². The van der Waals surface area contributed by atoms with Crippen molar-refractivity contribution in [1.82, 2.24) is 0 Å². The molecular weight excluding hydrogens is 492 g/mol. The van der Waals surface area contributed by atoms with Crippen molar-refractivity contribution in [2.24, 2.45) is 0 Å². The summed E-state index contributed by atoms with van der Waals surface area (Å²) in [6.07, 6.45) is 0.589. The lowest BCUT2D eigenvalue weighted by Gasteiger charge is -2.31. The molecule has 2 aromatic carbocycles. The zero-order valence-corrected chi connectivity index (χ0v) is 22.1. The van der Waals surface area contributed by atoms with Gasteiger partial charge >= 0.3 is 0 Å². The molecule has 0 bridgehead atoms. The molecule has 2 saturated heterocycles. The van der Waals surface area contributed by atoms with Crippen molar-refractivity contribution >= 4 is 5.78 Å². The van der Waals surface area contributed by atoms with E-state index in [1.165, 1.54) is 13.8 Å². The van der Waals surface area contributed by atoms with Gasteiger partial charge in [-0.15, -0.1) is 0 Å². The van der Waals surface area contributed by atoms with Crippen LogP contribution in [0.2, 0.25) is 0 Å². The summed E-state index contributed by atoms with van der Waals surface area (Å²) >= 11 is 0. The maximum absolute atomic E-state index is 13.1. The van der Waals surface area contributed by atoms with E-state index in [0.717, 1.165) is 24.3 Å². The molecule has 9 heteroatoms. The van der Waals surface area contributed by atoms with Crippen LogP contribution in [0.1, 0.15) is 25.0 Å². The van der Waals surface area contributed by atoms with E-state index in [9.17, 15) is 15.0 Å². The van der Waals surface area contributed by atoms with Crippen molar-refractivity contribution in [2.75, 3.05) is 52.9 Å². The van der Waals surface area contributed by atoms with E-state index in [-0.39, 0.29) is 25.0 Å². The fourth-order valence-corrected chi connectivity index (χ4v) is 4.14. The van der Waals surface area contributed by atoms with Gasteiger partial charge in [-0.2, -0.15) is 0 Å². The fourth-order valence-electron chi connectivity index (χ4n) is 4.14. The number of hydrogen-bond donors (Lipinski definition) is 2. The minimum atomic E-state index is -1.75. The molecule has 2 N–H and O–H groups in total. The smallest absolute Gasteiger partial charge is 0.195 e. The molecular formula is C29H38O9. The van der Waals surface area contributed by atoms with Crippen LogP contribution < -0.4 is 9.47 Å². The number of carbonyl (C=O) groups excluding carboxylic acids is 1. The number of carbonyl (C=O) groups is 1. The summed E-state index contributed by atoms with van der Waals surface area (Å²) in [6.45, 7) is 7.35. The highest BCUT2D eigenvalue weighted by molar-refractivity contribution is 5.94. The van der Waals surface area contributed by atoms with Gasteiger partial charge in [0.1, 0.15) is 48.1 Å². The third kappa shape index (κ3) is 9.34. The second kappa shape index (κ2) is 13.0. The van der Waals surface area contributed by atoms with Gasteiger partial charge in [-0.3, -0.25) is 4.79 Å². The van der Waals surface area contributed by atoms with Gasteiger partial charge in [0.2, 0.25) is 0 Å². The van der Waals surface area contributed by atoms with Crippen LogP contribution >= 0.6 is 0 Å². The van der Waals surface area contributed by atoms with Crippen molar-refractivity contribution in [1.29, 1.82) is 0 Å². The molecule has 38 heavy (non-hydrogen) atoms. The van der Waals surface area contributed by atoms with Crippen LogP contribution in [-0.2, 0) is 36.6 Å². The lowest BCUT2D eigenvalue weighted by molar-refractivity contribution is -0.153. The van der Waals surface area contributed by atoms with E-state index in [4.69, 9.17) is 28.4 Å². The molecule has 2 aromatic rings. The minimum Gasteiger partial charge on any atom is -0.491 e. The fraction of sp³-hybridized carbons (Fsp3) is 0.552. The monoisotopic (exact) mass is 530 g/mol. The van der Waals surface area contributed by atoms with E-state index in [2.05, 4.69) is 0 Å². The highest BCUT2D eigenvalue weighted by Crippen LogP contribution is 2.26. The molecule has 2 fully saturated rings. The van der Waals surface area contributed by atoms with Crippen LogP contribution in [0.15, 0.2) is 48.5 Å². The maximum atomic E-state index is 13.1. The molecule has 208 valence electrons. The molecule has 9 nitrogen and oxygen atoms in total. The molecule has 4 rings (SSSR count). The topological polar surface area (TPSA) is 120 Å². The normalized spacial score (nSPS) is 21.3. The average molecular weight is 531 g/mol. The molecule has 0 radical (unpaired) electrons. The van der Waals surface area contributed by atoms with Crippen LogP contribution in [-0.4, -0.2) is 92.3 Å². The van der Waals surface area contributed by atoms with Gasteiger partial charge in [-0.1, -0.05) is 24.3 Å². The zero-order valence-electron chi connectivity index (χ0n) is 22.1. The molecule has 2 aliphatic heterocycles. The molecule has 4 unspecified atom stereocenters. The van der Waals surface area contributed by atoms with Gasteiger partial charge < -0.3 is 38.6 Å². The van der Waals surface area contributed by atoms with E-state index in [0.29, 0.717) is 51.1 Å². The van der Waals surface area contributed by atoms with E-state index in [1.54, 1.807) is 48.5 Å². The van der Waals surface area contributed by atoms with Gasteiger partial charge in [0.25, 0.3) is 0 Å². The number of aliphatic hydroxyl groups is 2. The Morgan fingerprint density at radius 3 is 1.45 bits per heavy atom. The number of ether oxygens (including phenoxy) is 6.